The molecule has 0 bridgehead atoms. The van der Waals surface area contributed by atoms with Crippen LogP contribution in [0.3, 0.4) is 0 Å². The number of benzene rings is 1. The topological polar surface area (TPSA) is 441 Å². The molecule has 1 aromatic rings. The molecule has 0 saturated heterocycles. The standard InChI is InChI=1S/C46H73N9O18/c47-30(24-56)12-9-10-20-48-39(63)22-49-41(65)33(25-57)55-44(68)36(28-60)53-40(64)23-50-42(66)34(26-58)54-43(67)35(27-59)52-38(62)19-18-32(46(71)72)51-37(61)13-8-6-4-2-1-3-5-7-11-21-73-31-16-14-29(15-17-31)45(69)70/h14-17,24,30,32-36,57-60H,1-13,18-23,25-28,47H2,(H,48,63)(H,49,65)(H,50,66)(H,51,61)(H,52,62)(H,53,64)(H,54,67)(H,55,68)(H,69,70)(H,71,72)/t30-,32-,33-,34-,35-,36-/m0/s1. The van der Waals surface area contributed by atoms with Crippen LogP contribution in [0.25, 0.3) is 0 Å². The second-order valence-electron chi connectivity index (χ2n) is 16.8. The van der Waals surface area contributed by atoms with E-state index in [0.717, 1.165) is 51.4 Å². The van der Waals surface area contributed by atoms with Crippen molar-refractivity contribution in [2.24, 2.45) is 5.73 Å². The van der Waals surface area contributed by atoms with Gasteiger partial charge in [0.15, 0.2) is 0 Å². The van der Waals surface area contributed by atoms with Crippen molar-refractivity contribution >= 4 is 65.5 Å². The fourth-order valence-corrected chi connectivity index (χ4v) is 6.59. The lowest BCUT2D eigenvalue weighted by Crippen LogP contribution is -2.58. The molecule has 16 N–H and O–H groups in total. The van der Waals surface area contributed by atoms with Gasteiger partial charge >= 0.3 is 11.9 Å². The Bertz CT molecular complexity index is 1930. The molecule has 0 radical (unpaired) electrons. The lowest BCUT2D eigenvalue weighted by Gasteiger charge is -2.22. The maximum atomic E-state index is 12.8. The van der Waals surface area contributed by atoms with Crippen molar-refractivity contribution in [1.82, 2.24) is 42.5 Å². The first-order valence-corrected chi connectivity index (χ1v) is 24.0. The zero-order valence-corrected chi connectivity index (χ0v) is 40.8. The van der Waals surface area contributed by atoms with Crippen LogP contribution in [0.15, 0.2) is 24.3 Å². The molecule has 73 heavy (non-hydrogen) atoms. The summed E-state index contributed by atoms with van der Waals surface area (Å²) in [5.74, 6) is -9.29. The average molecular weight is 1040 g/mol. The van der Waals surface area contributed by atoms with Gasteiger partial charge in [0.2, 0.25) is 47.3 Å². The molecule has 410 valence electrons. The number of aldehydes is 1. The number of aromatic carboxylic acids is 1. The van der Waals surface area contributed by atoms with Gasteiger partial charge in [-0.25, -0.2) is 9.59 Å². The minimum absolute atomic E-state index is 0.0651. The molecule has 0 fully saturated rings. The number of unbranched alkanes of at least 4 members (excludes halogenated alkanes) is 9. The molecule has 0 heterocycles. The number of aliphatic carboxylic acids is 1. The molecule has 0 aliphatic heterocycles. The third-order valence-corrected chi connectivity index (χ3v) is 10.8. The monoisotopic (exact) mass is 1040 g/mol. The third-order valence-electron chi connectivity index (χ3n) is 10.8. The van der Waals surface area contributed by atoms with Crippen molar-refractivity contribution in [2.75, 3.05) is 52.7 Å². The summed E-state index contributed by atoms with van der Waals surface area (Å²) in [6, 6.07) is -2.56. The summed E-state index contributed by atoms with van der Waals surface area (Å²) in [5.41, 5.74) is 5.69. The number of aliphatic hydroxyl groups excluding tert-OH is 4. The van der Waals surface area contributed by atoms with E-state index < -0.39 is 141 Å². The lowest BCUT2D eigenvalue weighted by molar-refractivity contribution is -0.142. The molecule has 0 spiro atoms. The van der Waals surface area contributed by atoms with E-state index in [1.165, 1.54) is 12.1 Å². The van der Waals surface area contributed by atoms with Crippen LogP contribution in [-0.2, 0) is 47.9 Å². The van der Waals surface area contributed by atoms with Crippen LogP contribution >= 0.6 is 0 Å². The maximum Gasteiger partial charge on any atom is 0.335 e. The number of carbonyl (C=O) groups is 11. The normalized spacial score (nSPS) is 13.3. The second-order valence-corrected chi connectivity index (χ2v) is 16.8. The first kappa shape index (κ1) is 64.2. The predicted octanol–water partition coefficient (Wildman–Crippen LogP) is -4.03. The third kappa shape index (κ3) is 28.7. The predicted molar refractivity (Wildman–Crippen MR) is 257 cm³/mol. The summed E-state index contributed by atoms with van der Waals surface area (Å²) in [5, 5.41) is 75.1. The molecule has 27 nitrogen and oxygen atoms in total. The highest BCUT2D eigenvalue weighted by atomic mass is 16.5. The van der Waals surface area contributed by atoms with Gasteiger partial charge in [0, 0.05) is 19.4 Å². The van der Waals surface area contributed by atoms with Crippen molar-refractivity contribution in [2.45, 2.75) is 133 Å². The Morgan fingerprint density at radius 3 is 1.44 bits per heavy atom. The van der Waals surface area contributed by atoms with Crippen molar-refractivity contribution < 1.29 is 88.1 Å². The number of hydrogen-bond acceptors (Lipinski definition) is 17. The van der Waals surface area contributed by atoms with Gasteiger partial charge in [0.05, 0.1) is 57.7 Å². The number of rotatable bonds is 41. The summed E-state index contributed by atoms with van der Waals surface area (Å²) in [6.07, 6.45) is 9.35. The van der Waals surface area contributed by atoms with Crippen LogP contribution in [0.1, 0.15) is 107 Å². The van der Waals surface area contributed by atoms with E-state index in [1.54, 1.807) is 12.1 Å². The average Bonchev–Trinajstić information content (AvgIpc) is 3.37. The van der Waals surface area contributed by atoms with Gasteiger partial charge in [0.25, 0.3) is 0 Å². The number of carboxylic acid groups (broad SMARTS) is 2. The number of aliphatic hydroxyl groups is 4. The zero-order valence-electron chi connectivity index (χ0n) is 40.8. The number of hydrogen-bond donors (Lipinski definition) is 15. The molecule has 0 aromatic heterocycles. The van der Waals surface area contributed by atoms with E-state index in [2.05, 4.69) is 42.5 Å². The number of carbonyl (C=O) groups excluding carboxylic acids is 9. The van der Waals surface area contributed by atoms with Crippen molar-refractivity contribution in [3.63, 3.8) is 0 Å². The first-order chi connectivity index (χ1) is 34.9. The minimum Gasteiger partial charge on any atom is -0.494 e. The first-order valence-electron chi connectivity index (χ1n) is 24.0. The van der Waals surface area contributed by atoms with E-state index in [-0.39, 0.29) is 24.9 Å². The second kappa shape index (κ2) is 37.9. The smallest absolute Gasteiger partial charge is 0.335 e. The Labute approximate surface area is 421 Å². The van der Waals surface area contributed by atoms with Gasteiger partial charge in [-0.2, -0.15) is 0 Å². The SMILES string of the molecule is N[C@H](C=O)CCCCNC(=O)CNC(=O)[C@H](CO)NC(=O)[C@H](CO)NC(=O)CNC(=O)[C@H](CO)NC(=O)[C@H](CO)NC(=O)CC[C@H](NC(=O)CCCCCCCCCCCOc1ccc(C(=O)O)cc1)C(=O)O. The van der Waals surface area contributed by atoms with Gasteiger partial charge in [0.1, 0.15) is 42.2 Å². The van der Waals surface area contributed by atoms with E-state index in [4.69, 9.17) is 15.6 Å². The van der Waals surface area contributed by atoms with Crippen LogP contribution in [0.4, 0.5) is 0 Å². The molecule has 1 rings (SSSR count). The summed E-state index contributed by atoms with van der Waals surface area (Å²) < 4.78 is 5.64. The molecule has 0 aliphatic carbocycles. The Kier molecular flexibility index (Phi) is 33.3. The van der Waals surface area contributed by atoms with E-state index in [0.29, 0.717) is 44.3 Å². The molecular weight excluding hydrogens is 967 g/mol. The molecule has 0 aliphatic rings. The van der Waals surface area contributed by atoms with Crippen LogP contribution in [0, 0.1) is 0 Å². The molecule has 0 saturated carbocycles. The fraction of sp³-hybridized carbons (Fsp3) is 0.630. The molecular formula is C46H73N9O18. The number of amides is 8. The van der Waals surface area contributed by atoms with Gasteiger partial charge < -0.3 is 88.4 Å². The van der Waals surface area contributed by atoms with Crippen molar-refractivity contribution in [3.05, 3.63) is 29.8 Å². The Hall–Kier alpha value is -6.81. The summed E-state index contributed by atoms with van der Waals surface area (Å²) in [4.78, 5) is 134. The van der Waals surface area contributed by atoms with Crippen LogP contribution in [-0.4, -0.2) is 185 Å². The molecule has 27 heteroatoms. The van der Waals surface area contributed by atoms with Crippen molar-refractivity contribution in [3.8, 4) is 5.75 Å². The number of nitrogens with two attached hydrogens (primary N) is 1. The quantitative estimate of drug-likeness (QED) is 0.0219. The largest absolute Gasteiger partial charge is 0.494 e. The molecule has 0 unspecified atom stereocenters. The molecule has 1 aromatic carbocycles. The van der Waals surface area contributed by atoms with Gasteiger partial charge in [-0.1, -0.05) is 44.9 Å². The summed E-state index contributed by atoms with van der Waals surface area (Å²) in [7, 11) is 0. The maximum absolute atomic E-state index is 12.8. The highest BCUT2D eigenvalue weighted by Gasteiger charge is 2.29. The Morgan fingerprint density at radius 1 is 0.493 bits per heavy atom. The Balaban J connectivity index is 2.41. The van der Waals surface area contributed by atoms with Crippen LogP contribution in [0.2, 0.25) is 0 Å². The van der Waals surface area contributed by atoms with Crippen LogP contribution < -0.4 is 53.0 Å². The van der Waals surface area contributed by atoms with Crippen molar-refractivity contribution in [1.29, 1.82) is 0 Å². The zero-order chi connectivity index (χ0) is 54.6. The van der Waals surface area contributed by atoms with Gasteiger partial charge in [-0.3, -0.25) is 38.4 Å². The Morgan fingerprint density at radius 2 is 0.945 bits per heavy atom. The highest BCUT2D eigenvalue weighted by Crippen LogP contribution is 2.15. The minimum atomic E-state index is -1.74. The number of carboxylic acids is 2. The fourth-order valence-electron chi connectivity index (χ4n) is 6.59. The van der Waals surface area contributed by atoms with E-state index >= 15 is 0 Å². The summed E-state index contributed by atoms with van der Waals surface area (Å²) in [6.45, 7) is -4.63. The van der Waals surface area contributed by atoms with Gasteiger partial charge in [-0.15, -0.1) is 0 Å². The lowest BCUT2D eigenvalue weighted by atomic mass is 10.1. The number of ether oxygens (including phenoxy) is 1. The van der Waals surface area contributed by atoms with Gasteiger partial charge in [-0.05, 0) is 62.8 Å². The van der Waals surface area contributed by atoms with E-state index in [1.807, 2.05) is 0 Å². The summed E-state index contributed by atoms with van der Waals surface area (Å²) >= 11 is 0. The molecule has 8 amide bonds. The number of nitrogens with one attached hydrogen (secondary N) is 8. The highest BCUT2D eigenvalue weighted by molar-refractivity contribution is 5.96. The van der Waals surface area contributed by atoms with E-state index in [9.17, 15) is 78.3 Å². The van der Waals surface area contributed by atoms with Crippen LogP contribution in [0.5, 0.6) is 5.75 Å². The molecule has 6 atom stereocenters.